The molecule has 0 aromatic heterocycles. The van der Waals surface area contributed by atoms with Crippen LogP contribution in [0.3, 0.4) is 0 Å². The minimum Gasteiger partial charge on any atom is -0.496 e. The van der Waals surface area contributed by atoms with Crippen LogP contribution in [0.15, 0.2) is 42.5 Å². The summed E-state index contributed by atoms with van der Waals surface area (Å²) in [6.07, 6.45) is 0.718. The maximum atomic E-state index is 13.0. The molecule has 1 unspecified atom stereocenters. The molecule has 2 aromatic rings. The molecule has 1 atom stereocenters. The normalized spacial score (nSPS) is 12.2. The second-order valence-corrected chi connectivity index (χ2v) is 5.66. The zero-order valence-electron chi connectivity index (χ0n) is 10.4. The summed E-state index contributed by atoms with van der Waals surface area (Å²) in [5, 5.41) is 0.428. The minimum atomic E-state index is -0.328. The second kappa shape index (κ2) is 6.40. The number of alkyl halides is 1. The third-order valence-electron chi connectivity index (χ3n) is 2.89. The number of hydrogen-bond acceptors (Lipinski definition) is 1. The Labute approximate surface area is 125 Å². The molecular formula is C15H13BrClFO. The summed E-state index contributed by atoms with van der Waals surface area (Å²) in [6, 6.07) is 12.3. The van der Waals surface area contributed by atoms with Gasteiger partial charge in [-0.1, -0.05) is 51.8 Å². The van der Waals surface area contributed by atoms with E-state index >= 15 is 0 Å². The number of ether oxygens (including phenoxy) is 1. The Balaban J connectivity index is 2.23. The number of halogens is 3. The minimum absolute atomic E-state index is 0.0110. The molecule has 4 heteroatoms. The molecule has 0 saturated carbocycles. The summed E-state index contributed by atoms with van der Waals surface area (Å²) < 4.78 is 18.4. The SMILES string of the molecule is COc1ccccc1CC(Br)c1ccc(F)cc1Cl. The third-order valence-corrected chi connectivity index (χ3v) is 4.04. The average Bonchev–Trinajstić information content (AvgIpc) is 2.39. The maximum absolute atomic E-state index is 13.0. The average molecular weight is 344 g/mol. The number of hydrogen-bond donors (Lipinski definition) is 0. The predicted octanol–water partition coefficient (Wildman–Crippen LogP) is 5.17. The number of benzene rings is 2. The molecule has 0 amide bonds. The summed E-state index contributed by atoms with van der Waals surface area (Å²) in [5.41, 5.74) is 1.95. The topological polar surface area (TPSA) is 9.23 Å². The Morgan fingerprint density at radius 1 is 1.26 bits per heavy atom. The van der Waals surface area contributed by atoms with Gasteiger partial charge in [0.05, 0.1) is 7.11 Å². The van der Waals surface area contributed by atoms with E-state index in [1.54, 1.807) is 13.2 Å². The largest absolute Gasteiger partial charge is 0.496 e. The van der Waals surface area contributed by atoms with Gasteiger partial charge in [-0.05, 0) is 35.7 Å². The van der Waals surface area contributed by atoms with Gasteiger partial charge in [-0.15, -0.1) is 0 Å². The Kier molecular flexibility index (Phi) is 4.83. The molecule has 0 saturated heterocycles. The first-order chi connectivity index (χ1) is 9.11. The van der Waals surface area contributed by atoms with Crippen LogP contribution in [0.4, 0.5) is 4.39 Å². The number of rotatable bonds is 4. The van der Waals surface area contributed by atoms with E-state index in [2.05, 4.69) is 15.9 Å². The Morgan fingerprint density at radius 3 is 2.68 bits per heavy atom. The lowest BCUT2D eigenvalue weighted by Crippen LogP contribution is -1.99. The van der Waals surface area contributed by atoms with E-state index in [9.17, 15) is 4.39 Å². The van der Waals surface area contributed by atoms with Gasteiger partial charge in [0, 0.05) is 9.85 Å². The third kappa shape index (κ3) is 3.48. The zero-order valence-corrected chi connectivity index (χ0v) is 12.7. The van der Waals surface area contributed by atoms with Gasteiger partial charge in [0.1, 0.15) is 11.6 Å². The molecule has 0 aliphatic heterocycles. The van der Waals surface area contributed by atoms with Crippen molar-refractivity contribution in [2.75, 3.05) is 7.11 Å². The molecule has 0 radical (unpaired) electrons. The van der Waals surface area contributed by atoms with E-state index in [1.165, 1.54) is 12.1 Å². The van der Waals surface area contributed by atoms with E-state index in [0.29, 0.717) is 5.02 Å². The van der Waals surface area contributed by atoms with Gasteiger partial charge in [0.2, 0.25) is 0 Å². The molecule has 1 nitrogen and oxygen atoms in total. The Hall–Kier alpha value is -1.06. The molecule has 19 heavy (non-hydrogen) atoms. The highest BCUT2D eigenvalue weighted by Gasteiger charge is 2.14. The maximum Gasteiger partial charge on any atom is 0.124 e. The van der Waals surface area contributed by atoms with E-state index in [-0.39, 0.29) is 10.6 Å². The standard InChI is InChI=1S/C15H13BrClFO/c1-19-15-5-3-2-4-10(15)8-13(16)12-7-6-11(18)9-14(12)17/h2-7,9,13H,8H2,1H3. The van der Waals surface area contributed by atoms with Gasteiger partial charge < -0.3 is 4.74 Å². The monoisotopic (exact) mass is 342 g/mol. The summed E-state index contributed by atoms with van der Waals surface area (Å²) >= 11 is 9.66. The Bertz CT molecular complexity index is 574. The first-order valence-electron chi connectivity index (χ1n) is 5.82. The van der Waals surface area contributed by atoms with Crippen LogP contribution in [-0.2, 0) is 6.42 Å². The molecule has 0 heterocycles. The van der Waals surface area contributed by atoms with Gasteiger partial charge >= 0.3 is 0 Å². The summed E-state index contributed by atoms with van der Waals surface area (Å²) in [4.78, 5) is 0.0110. The van der Waals surface area contributed by atoms with Crippen molar-refractivity contribution < 1.29 is 9.13 Å². The second-order valence-electron chi connectivity index (χ2n) is 4.15. The number of methoxy groups -OCH3 is 1. The lowest BCUT2D eigenvalue weighted by molar-refractivity contribution is 0.409. The van der Waals surface area contributed by atoms with Crippen LogP contribution in [-0.4, -0.2) is 7.11 Å². The van der Waals surface area contributed by atoms with Crippen molar-refractivity contribution in [2.24, 2.45) is 0 Å². The van der Waals surface area contributed by atoms with E-state index in [4.69, 9.17) is 16.3 Å². The van der Waals surface area contributed by atoms with Gasteiger partial charge in [-0.25, -0.2) is 4.39 Å². The fourth-order valence-corrected chi connectivity index (χ4v) is 3.11. The van der Waals surface area contributed by atoms with Crippen molar-refractivity contribution in [3.8, 4) is 5.75 Å². The highest BCUT2D eigenvalue weighted by atomic mass is 79.9. The van der Waals surface area contributed by atoms with Crippen LogP contribution in [0.5, 0.6) is 5.75 Å². The van der Waals surface area contributed by atoms with Crippen LogP contribution in [0, 0.1) is 5.82 Å². The molecule has 0 N–H and O–H groups in total. The quantitative estimate of drug-likeness (QED) is 0.696. The molecule has 0 bridgehead atoms. The van der Waals surface area contributed by atoms with Crippen molar-refractivity contribution in [3.63, 3.8) is 0 Å². The fourth-order valence-electron chi connectivity index (χ4n) is 1.93. The lowest BCUT2D eigenvalue weighted by atomic mass is 10.0. The number of para-hydroxylation sites is 1. The smallest absolute Gasteiger partial charge is 0.124 e. The molecule has 0 aliphatic carbocycles. The van der Waals surface area contributed by atoms with Crippen LogP contribution < -0.4 is 4.74 Å². The van der Waals surface area contributed by atoms with Crippen molar-refractivity contribution in [1.29, 1.82) is 0 Å². The molecule has 0 spiro atoms. The van der Waals surface area contributed by atoms with E-state index in [0.717, 1.165) is 23.3 Å². The Morgan fingerprint density at radius 2 is 2.00 bits per heavy atom. The van der Waals surface area contributed by atoms with Crippen LogP contribution in [0.2, 0.25) is 5.02 Å². The molecule has 2 aromatic carbocycles. The molecule has 0 fully saturated rings. The zero-order chi connectivity index (χ0) is 13.8. The van der Waals surface area contributed by atoms with Crippen molar-refractivity contribution in [3.05, 3.63) is 64.4 Å². The van der Waals surface area contributed by atoms with Crippen LogP contribution in [0.25, 0.3) is 0 Å². The van der Waals surface area contributed by atoms with Gasteiger partial charge in [-0.3, -0.25) is 0 Å². The van der Waals surface area contributed by atoms with Crippen LogP contribution in [0.1, 0.15) is 16.0 Å². The van der Waals surface area contributed by atoms with Crippen molar-refractivity contribution in [2.45, 2.75) is 11.2 Å². The predicted molar refractivity (Wildman–Crippen MR) is 79.8 cm³/mol. The summed E-state index contributed by atoms with van der Waals surface area (Å²) in [5.74, 6) is 0.510. The van der Waals surface area contributed by atoms with Crippen molar-refractivity contribution >= 4 is 27.5 Å². The van der Waals surface area contributed by atoms with Gasteiger partial charge in [0.25, 0.3) is 0 Å². The summed E-state index contributed by atoms with van der Waals surface area (Å²) in [7, 11) is 1.65. The first kappa shape index (κ1) is 14.4. The van der Waals surface area contributed by atoms with Crippen molar-refractivity contribution in [1.82, 2.24) is 0 Å². The lowest BCUT2D eigenvalue weighted by Gasteiger charge is -2.14. The molecular weight excluding hydrogens is 331 g/mol. The van der Waals surface area contributed by atoms with Gasteiger partial charge in [0.15, 0.2) is 0 Å². The fraction of sp³-hybridized carbons (Fsp3) is 0.200. The summed E-state index contributed by atoms with van der Waals surface area (Å²) in [6.45, 7) is 0. The highest BCUT2D eigenvalue weighted by molar-refractivity contribution is 9.09. The van der Waals surface area contributed by atoms with E-state index in [1.807, 2.05) is 24.3 Å². The molecule has 2 rings (SSSR count). The first-order valence-corrected chi connectivity index (χ1v) is 7.12. The van der Waals surface area contributed by atoms with Gasteiger partial charge in [-0.2, -0.15) is 0 Å². The molecule has 0 aliphatic rings. The molecule has 100 valence electrons. The highest BCUT2D eigenvalue weighted by Crippen LogP contribution is 2.34. The van der Waals surface area contributed by atoms with Crippen LogP contribution >= 0.6 is 27.5 Å². The van der Waals surface area contributed by atoms with E-state index < -0.39 is 0 Å².